The minimum Gasteiger partial charge on any atom is -0.478 e. The van der Waals surface area contributed by atoms with E-state index in [-0.39, 0.29) is 16.9 Å². The largest absolute Gasteiger partial charge is 0.478 e. The summed E-state index contributed by atoms with van der Waals surface area (Å²) >= 11 is 13.5. The van der Waals surface area contributed by atoms with Gasteiger partial charge in [-0.1, -0.05) is 41.4 Å². The van der Waals surface area contributed by atoms with Crippen molar-refractivity contribution in [3.05, 3.63) is 51.2 Å². The molecule has 9 heteroatoms. The van der Waals surface area contributed by atoms with Crippen LogP contribution >= 0.6 is 40.2 Å². The van der Waals surface area contributed by atoms with Gasteiger partial charge in [0.2, 0.25) is 0 Å². The van der Waals surface area contributed by atoms with E-state index >= 15 is 0 Å². The van der Waals surface area contributed by atoms with Crippen molar-refractivity contribution in [1.82, 2.24) is 4.90 Å². The summed E-state index contributed by atoms with van der Waals surface area (Å²) in [7, 11) is 1.78. The molecule has 0 aliphatic rings. The van der Waals surface area contributed by atoms with Crippen LogP contribution in [0.15, 0.2) is 39.8 Å². The minimum atomic E-state index is -1.26. The third-order valence-corrected chi connectivity index (χ3v) is 4.40. The number of anilines is 2. The summed E-state index contributed by atoms with van der Waals surface area (Å²) in [5.41, 5.74) is -0.0290. The summed E-state index contributed by atoms with van der Waals surface area (Å²) in [6, 6.07) is 7.56. The first-order valence-electron chi connectivity index (χ1n) is 8.46. The van der Waals surface area contributed by atoms with Gasteiger partial charge >= 0.3 is 5.97 Å². The Balaban J connectivity index is 0.00000190. The summed E-state index contributed by atoms with van der Waals surface area (Å²) in [6.45, 7) is 4.64. The first-order valence-corrected chi connectivity index (χ1v) is 10.3. The van der Waals surface area contributed by atoms with E-state index < -0.39 is 11.8 Å². The number of carboxylic acids is 1. The molecule has 0 fully saturated rings. The molecule has 0 heterocycles. The number of hydrogen-bond acceptors (Lipinski definition) is 4. The van der Waals surface area contributed by atoms with Crippen LogP contribution in [0.5, 0.6) is 0 Å². The van der Waals surface area contributed by atoms with Gasteiger partial charge in [0.05, 0.1) is 28.3 Å². The third kappa shape index (κ3) is 6.68. The number of thiol groups is 1. The average Bonchev–Trinajstić information content (AvgIpc) is 2.66. The van der Waals surface area contributed by atoms with Gasteiger partial charge in [-0.05, 0) is 30.3 Å². The summed E-state index contributed by atoms with van der Waals surface area (Å²) in [4.78, 5) is 17.3. The summed E-state index contributed by atoms with van der Waals surface area (Å²) < 4.78 is 15.6. The molecule has 152 valence electrons. The van der Waals surface area contributed by atoms with E-state index in [9.17, 15) is 14.3 Å². The normalized spacial score (nSPS) is 10.4. The number of aromatic carboxylic acids is 1. The molecule has 0 atom stereocenters. The first-order chi connectivity index (χ1) is 13.3. The van der Waals surface area contributed by atoms with E-state index in [1.54, 1.807) is 30.1 Å². The van der Waals surface area contributed by atoms with Crippen LogP contribution in [0.1, 0.15) is 24.2 Å². The zero-order valence-corrected chi connectivity index (χ0v) is 18.9. The molecule has 5 nitrogen and oxygen atoms in total. The summed E-state index contributed by atoms with van der Waals surface area (Å²) in [5, 5.41) is 12.4. The highest BCUT2D eigenvalue weighted by Gasteiger charge is 2.19. The van der Waals surface area contributed by atoms with Gasteiger partial charge in [-0.15, -0.1) is 0 Å². The van der Waals surface area contributed by atoms with Gasteiger partial charge in [0.1, 0.15) is 5.69 Å². The predicted molar refractivity (Wildman–Crippen MR) is 122 cm³/mol. The van der Waals surface area contributed by atoms with E-state index in [4.69, 9.17) is 11.6 Å². The van der Waals surface area contributed by atoms with Gasteiger partial charge < -0.3 is 15.3 Å². The smallest absolute Gasteiger partial charge is 0.337 e. The number of rotatable bonds is 7. The van der Waals surface area contributed by atoms with Crippen molar-refractivity contribution in [3.63, 3.8) is 0 Å². The molecule has 0 amide bonds. The van der Waals surface area contributed by atoms with E-state index in [1.807, 2.05) is 13.8 Å². The van der Waals surface area contributed by atoms with Gasteiger partial charge in [0, 0.05) is 23.8 Å². The molecule has 0 aliphatic heterocycles. The number of carbonyl (C=O) groups is 1. The predicted octanol–water partition coefficient (Wildman–Crippen LogP) is 6.23. The van der Waals surface area contributed by atoms with Crippen LogP contribution in [-0.2, 0) is 0 Å². The van der Waals surface area contributed by atoms with Crippen molar-refractivity contribution in [2.75, 3.05) is 24.7 Å². The number of benzene rings is 2. The minimum absolute atomic E-state index is 0.0109. The molecule has 2 aromatic carbocycles. The molecular formula is C19H22BrClFN3O2S. The molecule has 28 heavy (non-hydrogen) atoms. The fourth-order valence-electron chi connectivity index (χ4n) is 2.07. The van der Waals surface area contributed by atoms with Crippen LogP contribution in [-0.4, -0.2) is 41.7 Å². The first kappa shape index (κ1) is 24.3. The van der Waals surface area contributed by atoms with Gasteiger partial charge in [-0.3, -0.25) is 0 Å². The second-order valence-corrected chi connectivity index (χ2v) is 7.09. The van der Waals surface area contributed by atoms with Crippen molar-refractivity contribution in [2.24, 2.45) is 4.99 Å². The maximum absolute atomic E-state index is 14.9. The summed E-state index contributed by atoms with van der Waals surface area (Å²) in [5.74, 6) is -1.42. The Hall–Kier alpha value is -1.77. The van der Waals surface area contributed by atoms with Crippen molar-refractivity contribution >= 4 is 69.5 Å². The molecular weight excluding hydrogens is 469 g/mol. The van der Waals surface area contributed by atoms with Gasteiger partial charge in [0.15, 0.2) is 5.82 Å². The molecule has 2 N–H and O–H groups in total. The Morgan fingerprint density at radius 1 is 1.39 bits per heavy atom. The number of carboxylic acid groups (broad SMARTS) is 1. The third-order valence-electron chi connectivity index (χ3n) is 3.39. The lowest BCUT2D eigenvalue weighted by Crippen LogP contribution is -2.18. The lowest BCUT2D eigenvalue weighted by atomic mass is 10.1. The number of nitrogens with one attached hydrogen (secondary N) is 1. The Morgan fingerprint density at radius 2 is 2.07 bits per heavy atom. The molecule has 0 aromatic heterocycles. The van der Waals surface area contributed by atoms with Crippen LogP contribution < -0.4 is 5.32 Å². The van der Waals surface area contributed by atoms with Crippen LogP contribution in [0.4, 0.5) is 21.5 Å². The van der Waals surface area contributed by atoms with E-state index in [0.717, 1.165) is 4.47 Å². The lowest BCUT2D eigenvalue weighted by Gasteiger charge is -2.14. The molecule has 0 bridgehead atoms. The molecule has 0 spiro atoms. The molecule has 2 aromatic rings. The molecule has 0 radical (unpaired) electrons. The number of halogens is 3. The monoisotopic (exact) mass is 489 g/mol. The van der Waals surface area contributed by atoms with Gasteiger partial charge in [0.25, 0.3) is 0 Å². The van der Waals surface area contributed by atoms with Crippen LogP contribution in [0, 0.1) is 5.82 Å². The topological polar surface area (TPSA) is 64.9 Å². The highest BCUT2D eigenvalue weighted by atomic mass is 79.9. The molecule has 0 saturated heterocycles. The molecule has 0 aliphatic carbocycles. The zero-order chi connectivity index (χ0) is 21.3. The van der Waals surface area contributed by atoms with Gasteiger partial charge in [-0.25, -0.2) is 14.2 Å². The van der Waals surface area contributed by atoms with Crippen LogP contribution in [0.2, 0.25) is 5.02 Å². The van der Waals surface area contributed by atoms with Crippen molar-refractivity contribution in [2.45, 2.75) is 13.8 Å². The second kappa shape index (κ2) is 11.9. The fraction of sp³-hybridized carbons (Fsp3) is 0.263. The van der Waals surface area contributed by atoms with Crippen molar-refractivity contribution < 1.29 is 14.3 Å². The standard InChI is InChI=1S/C17H16BrClFN3O2S.C2H6/c1-23(6-7-26)9-21-14-5-3-11(17(24)25)16(15(14)20)22-13-4-2-10(18)8-12(13)19;1-2/h2-5,8-9,22,26H,6-7H2,1H3,(H,24,25);1-2H3. The van der Waals surface area contributed by atoms with E-state index in [0.29, 0.717) is 23.0 Å². The van der Waals surface area contributed by atoms with E-state index in [1.165, 1.54) is 18.5 Å². The maximum Gasteiger partial charge on any atom is 0.337 e. The van der Waals surface area contributed by atoms with Crippen LogP contribution in [0.3, 0.4) is 0 Å². The fourth-order valence-corrected chi connectivity index (χ4v) is 3.10. The number of hydrogen-bond donors (Lipinski definition) is 3. The summed E-state index contributed by atoms with van der Waals surface area (Å²) in [6.07, 6.45) is 1.46. The Kier molecular flexibility index (Phi) is 10.3. The Morgan fingerprint density at radius 3 is 2.64 bits per heavy atom. The maximum atomic E-state index is 14.9. The lowest BCUT2D eigenvalue weighted by molar-refractivity contribution is 0.0697. The van der Waals surface area contributed by atoms with Crippen molar-refractivity contribution in [3.8, 4) is 0 Å². The average molecular weight is 491 g/mol. The molecule has 0 unspecified atom stereocenters. The zero-order valence-electron chi connectivity index (χ0n) is 15.7. The molecule has 2 rings (SSSR count). The highest BCUT2D eigenvalue weighted by molar-refractivity contribution is 9.10. The second-order valence-electron chi connectivity index (χ2n) is 5.32. The SMILES string of the molecule is CC.CN(C=Nc1ccc(C(=O)O)c(Nc2ccc(Br)cc2Cl)c1F)CCS. The Bertz CT molecular complexity index is 852. The molecule has 0 saturated carbocycles. The number of nitrogens with zero attached hydrogens (tertiary/aromatic N) is 2. The highest BCUT2D eigenvalue weighted by Crippen LogP contribution is 2.34. The van der Waals surface area contributed by atoms with E-state index in [2.05, 4.69) is 38.9 Å². The quantitative estimate of drug-likeness (QED) is 0.244. The van der Waals surface area contributed by atoms with Gasteiger partial charge in [-0.2, -0.15) is 12.6 Å². The van der Waals surface area contributed by atoms with Crippen LogP contribution in [0.25, 0.3) is 0 Å². The number of aliphatic imine (C=N–C) groups is 1. The van der Waals surface area contributed by atoms with Crippen molar-refractivity contribution in [1.29, 1.82) is 0 Å². The Labute approximate surface area is 183 Å².